The Morgan fingerprint density at radius 3 is 2.76 bits per heavy atom. The summed E-state index contributed by atoms with van der Waals surface area (Å²) < 4.78 is 13.9. The normalized spacial score (nSPS) is 11.3. The minimum absolute atomic E-state index is 0.0106. The van der Waals surface area contributed by atoms with Gasteiger partial charge in [-0.15, -0.1) is 0 Å². The molecule has 118 valence electrons. The van der Waals surface area contributed by atoms with Crippen LogP contribution in [0.4, 0.5) is 10.2 Å². The number of pyridine rings is 1. The first-order valence-corrected chi connectivity index (χ1v) is 7.30. The summed E-state index contributed by atoms with van der Waals surface area (Å²) in [6.45, 7) is 6.85. The maximum absolute atomic E-state index is 13.9. The lowest BCUT2D eigenvalue weighted by Crippen LogP contribution is -2.34. The molecule has 0 saturated heterocycles. The molecule has 6 heteroatoms. The zero-order chi connectivity index (χ0) is 15.9. The quantitative estimate of drug-likeness (QED) is 0.391. The molecule has 4 N–H and O–H groups in total. The number of anilines is 1. The Morgan fingerprint density at radius 2 is 2.14 bits per heavy atom. The van der Waals surface area contributed by atoms with Crippen LogP contribution in [-0.2, 0) is 0 Å². The molecule has 0 spiro atoms. The molecule has 0 saturated carbocycles. The zero-order valence-electron chi connectivity index (χ0n) is 13.0. The van der Waals surface area contributed by atoms with E-state index in [1.807, 2.05) is 0 Å². The second-order valence-corrected chi connectivity index (χ2v) is 5.97. The van der Waals surface area contributed by atoms with Gasteiger partial charge in [0.2, 0.25) is 0 Å². The molecular formula is C15H25FN4O. The number of amides is 1. The first-order valence-electron chi connectivity index (χ1n) is 7.30. The topological polar surface area (TPSA) is 80.0 Å². The van der Waals surface area contributed by atoms with Crippen molar-refractivity contribution in [2.24, 2.45) is 11.3 Å². The van der Waals surface area contributed by atoms with Crippen molar-refractivity contribution in [2.45, 2.75) is 46.5 Å². The molecule has 5 nitrogen and oxygen atoms in total. The summed E-state index contributed by atoms with van der Waals surface area (Å²) in [7, 11) is 0. The second-order valence-electron chi connectivity index (χ2n) is 5.97. The van der Waals surface area contributed by atoms with Crippen LogP contribution in [0, 0.1) is 11.2 Å². The number of hydrogen-bond donors (Lipinski definition) is 3. The number of rotatable bonds is 8. The average molecular weight is 296 g/mol. The third kappa shape index (κ3) is 5.30. The van der Waals surface area contributed by atoms with Gasteiger partial charge in [0.1, 0.15) is 0 Å². The molecule has 0 fully saturated rings. The molecule has 21 heavy (non-hydrogen) atoms. The van der Waals surface area contributed by atoms with E-state index in [9.17, 15) is 9.18 Å². The van der Waals surface area contributed by atoms with Crippen molar-refractivity contribution in [1.29, 1.82) is 0 Å². The minimum atomic E-state index is -0.735. The van der Waals surface area contributed by atoms with Gasteiger partial charge in [0.25, 0.3) is 5.91 Å². The van der Waals surface area contributed by atoms with Gasteiger partial charge in [-0.2, -0.15) is 0 Å². The first-order chi connectivity index (χ1) is 9.91. The number of aromatic nitrogens is 1. The van der Waals surface area contributed by atoms with Crippen LogP contribution in [0.3, 0.4) is 0 Å². The molecule has 0 atom stereocenters. The van der Waals surface area contributed by atoms with Crippen LogP contribution in [0.1, 0.15) is 56.8 Å². The molecule has 0 aliphatic heterocycles. The summed E-state index contributed by atoms with van der Waals surface area (Å²) in [6, 6.07) is 1.34. The number of halogens is 1. The third-order valence-electron chi connectivity index (χ3n) is 3.46. The zero-order valence-corrected chi connectivity index (χ0v) is 13.0. The molecule has 1 heterocycles. The SMILES string of the molecule is CCCCCC(C)(C)CNC(=O)c1ccnc(NN)c1F. The lowest BCUT2D eigenvalue weighted by Gasteiger charge is -2.25. The highest BCUT2D eigenvalue weighted by Crippen LogP contribution is 2.23. The molecular weight excluding hydrogens is 271 g/mol. The number of nitrogens with one attached hydrogen (secondary N) is 2. The Balaban J connectivity index is 2.61. The van der Waals surface area contributed by atoms with Crippen molar-refractivity contribution in [3.05, 3.63) is 23.6 Å². The van der Waals surface area contributed by atoms with E-state index in [4.69, 9.17) is 5.84 Å². The molecule has 1 rings (SSSR count). The minimum Gasteiger partial charge on any atom is -0.351 e. The smallest absolute Gasteiger partial charge is 0.254 e. The molecule has 0 aliphatic rings. The highest BCUT2D eigenvalue weighted by molar-refractivity contribution is 5.95. The summed E-state index contributed by atoms with van der Waals surface area (Å²) in [5, 5.41) is 2.78. The van der Waals surface area contributed by atoms with Crippen LogP contribution in [0.15, 0.2) is 12.3 Å². The van der Waals surface area contributed by atoms with Gasteiger partial charge in [-0.3, -0.25) is 4.79 Å². The highest BCUT2D eigenvalue weighted by Gasteiger charge is 2.21. The van der Waals surface area contributed by atoms with Gasteiger partial charge in [-0.25, -0.2) is 15.2 Å². The molecule has 0 unspecified atom stereocenters. The number of carbonyl (C=O) groups is 1. The fraction of sp³-hybridized carbons (Fsp3) is 0.600. The molecule has 0 bridgehead atoms. The van der Waals surface area contributed by atoms with Crippen molar-refractivity contribution in [2.75, 3.05) is 12.0 Å². The summed E-state index contributed by atoms with van der Waals surface area (Å²) in [5.41, 5.74) is 2.07. The van der Waals surface area contributed by atoms with E-state index >= 15 is 0 Å². The third-order valence-corrected chi connectivity index (χ3v) is 3.46. The fourth-order valence-electron chi connectivity index (χ4n) is 2.08. The van der Waals surface area contributed by atoms with Crippen LogP contribution in [0.25, 0.3) is 0 Å². The molecule has 1 aromatic rings. The largest absolute Gasteiger partial charge is 0.351 e. The molecule has 1 amide bonds. The van der Waals surface area contributed by atoms with Crippen LogP contribution in [-0.4, -0.2) is 17.4 Å². The summed E-state index contributed by atoms with van der Waals surface area (Å²) >= 11 is 0. The van der Waals surface area contributed by atoms with Crippen LogP contribution in [0.5, 0.6) is 0 Å². The average Bonchev–Trinajstić information content (AvgIpc) is 2.45. The molecule has 0 aliphatic carbocycles. The Labute approximate surface area is 125 Å². The van der Waals surface area contributed by atoms with Gasteiger partial charge in [0.15, 0.2) is 11.6 Å². The van der Waals surface area contributed by atoms with Crippen molar-refractivity contribution >= 4 is 11.7 Å². The number of carbonyl (C=O) groups excluding carboxylic acids is 1. The Morgan fingerprint density at radius 1 is 1.43 bits per heavy atom. The fourth-order valence-corrected chi connectivity index (χ4v) is 2.08. The lowest BCUT2D eigenvalue weighted by atomic mass is 9.87. The summed E-state index contributed by atoms with van der Waals surface area (Å²) in [5.74, 6) is 3.83. The highest BCUT2D eigenvalue weighted by atomic mass is 19.1. The van der Waals surface area contributed by atoms with Gasteiger partial charge >= 0.3 is 0 Å². The van der Waals surface area contributed by atoms with Gasteiger partial charge in [0.05, 0.1) is 5.56 Å². The van der Waals surface area contributed by atoms with Crippen LogP contribution in [0.2, 0.25) is 0 Å². The number of nitrogen functional groups attached to an aromatic ring is 1. The van der Waals surface area contributed by atoms with E-state index in [0.717, 1.165) is 12.8 Å². The van der Waals surface area contributed by atoms with Gasteiger partial charge in [-0.05, 0) is 17.9 Å². The number of nitrogens with zero attached hydrogens (tertiary/aromatic N) is 1. The van der Waals surface area contributed by atoms with E-state index in [1.165, 1.54) is 25.1 Å². The van der Waals surface area contributed by atoms with E-state index in [2.05, 4.69) is 36.5 Å². The molecule has 0 radical (unpaired) electrons. The Kier molecular flexibility index (Phi) is 6.55. The first kappa shape index (κ1) is 17.4. The van der Waals surface area contributed by atoms with E-state index < -0.39 is 11.7 Å². The van der Waals surface area contributed by atoms with E-state index in [0.29, 0.717) is 6.54 Å². The lowest BCUT2D eigenvalue weighted by molar-refractivity contribution is 0.0930. The van der Waals surface area contributed by atoms with Crippen molar-refractivity contribution in [3.8, 4) is 0 Å². The predicted molar refractivity (Wildman–Crippen MR) is 82.3 cm³/mol. The number of hydrogen-bond acceptors (Lipinski definition) is 4. The van der Waals surface area contributed by atoms with Crippen LogP contribution < -0.4 is 16.6 Å². The Bertz CT molecular complexity index is 477. The maximum Gasteiger partial charge on any atom is 0.254 e. The Hall–Kier alpha value is -1.69. The number of nitrogens with two attached hydrogens (primary N) is 1. The van der Waals surface area contributed by atoms with Crippen molar-refractivity contribution in [3.63, 3.8) is 0 Å². The predicted octanol–water partition coefficient (Wildman–Crippen LogP) is 2.84. The standard InChI is InChI=1S/C15H25FN4O/c1-4-5-6-8-15(2,3)10-19-14(21)11-7-9-18-13(20-17)12(11)16/h7,9H,4-6,8,10,17H2,1-3H3,(H,18,20)(H,19,21). The van der Waals surface area contributed by atoms with Gasteiger partial charge in [0, 0.05) is 12.7 Å². The van der Waals surface area contributed by atoms with Crippen molar-refractivity contribution < 1.29 is 9.18 Å². The second kappa shape index (κ2) is 7.93. The monoisotopic (exact) mass is 296 g/mol. The number of unbranched alkanes of at least 4 members (excludes halogenated alkanes) is 2. The van der Waals surface area contributed by atoms with Gasteiger partial charge < -0.3 is 10.7 Å². The van der Waals surface area contributed by atoms with Crippen molar-refractivity contribution in [1.82, 2.24) is 10.3 Å². The number of hydrazine groups is 1. The summed E-state index contributed by atoms with van der Waals surface area (Å²) in [6.07, 6.45) is 5.85. The van der Waals surface area contributed by atoms with E-state index in [1.54, 1.807) is 0 Å². The maximum atomic E-state index is 13.9. The summed E-state index contributed by atoms with van der Waals surface area (Å²) in [4.78, 5) is 15.8. The molecule has 0 aromatic carbocycles. The van der Waals surface area contributed by atoms with E-state index in [-0.39, 0.29) is 16.8 Å². The van der Waals surface area contributed by atoms with Gasteiger partial charge in [-0.1, -0.05) is 40.0 Å². The molecule has 1 aromatic heterocycles. The van der Waals surface area contributed by atoms with Crippen LogP contribution >= 0.6 is 0 Å².